The van der Waals surface area contributed by atoms with Gasteiger partial charge in [-0.25, -0.2) is 4.79 Å². The summed E-state index contributed by atoms with van der Waals surface area (Å²) in [6, 6.07) is 13.3. The number of hydroxylamine groups is 1. The van der Waals surface area contributed by atoms with Crippen molar-refractivity contribution in [3.63, 3.8) is 0 Å². The van der Waals surface area contributed by atoms with Crippen molar-refractivity contribution in [1.82, 2.24) is 10.2 Å². The predicted octanol–water partition coefficient (Wildman–Crippen LogP) is 3.65. The normalized spacial score (nSPS) is 14.8. The predicted molar refractivity (Wildman–Crippen MR) is 128 cm³/mol. The zero-order valence-electron chi connectivity index (χ0n) is 19.3. The lowest BCUT2D eigenvalue weighted by Crippen LogP contribution is -2.46. The first-order chi connectivity index (χ1) is 15.2. The van der Waals surface area contributed by atoms with Crippen molar-refractivity contribution in [3.05, 3.63) is 59.7 Å². The molecule has 8 heteroatoms. The van der Waals surface area contributed by atoms with Crippen LogP contribution in [0.2, 0.25) is 19.6 Å². The minimum atomic E-state index is -1.50. The van der Waals surface area contributed by atoms with E-state index in [0.717, 1.165) is 18.4 Å². The molecule has 2 N–H and O–H groups in total. The summed E-state index contributed by atoms with van der Waals surface area (Å²) >= 11 is 0. The van der Waals surface area contributed by atoms with Crippen LogP contribution in [0.5, 0.6) is 0 Å². The first kappa shape index (κ1) is 24.0. The Balaban J connectivity index is 1.85. The number of carbonyl (C=O) groups excluding carboxylic acids is 2. The van der Waals surface area contributed by atoms with Gasteiger partial charge in [0.05, 0.1) is 20.4 Å². The van der Waals surface area contributed by atoms with Crippen LogP contribution in [-0.4, -0.2) is 50.3 Å². The van der Waals surface area contributed by atoms with E-state index in [2.05, 4.69) is 25.0 Å². The van der Waals surface area contributed by atoms with Crippen molar-refractivity contribution in [1.29, 1.82) is 0 Å². The number of anilines is 1. The molecule has 0 spiro atoms. The Hall–Kier alpha value is -2.68. The zero-order chi connectivity index (χ0) is 23.3. The molecule has 0 aromatic heterocycles. The first-order valence-corrected chi connectivity index (χ1v) is 14.5. The number of amides is 3. The quantitative estimate of drug-likeness (QED) is 0.379. The maximum absolute atomic E-state index is 13.3. The van der Waals surface area contributed by atoms with E-state index in [4.69, 9.17) is 4.74 Å². The van der Waals surface area contributed by atoms with Crippen molar-refractivity contribution in [3.8, 4) is 0 Å². The Morgan fingerprint density at radius 3 is 2.19 bits per heavy atom. The standard InChI is InChI=1S/C24H33N3O4Si/c1-31-17-18-7-9-19(10-8-18)22(25-24(29)26-15-5-6-16-26)23(28)27(30)20-11-13-21(14-12-20)32(2,3)4/h7-14,22,30H,5-6,15-17H2,1-4H3,(H,25,29). The fraction of sp³-hybridized carbons (Fsp3) is 0.417. The number of hydrogen-bond donors (Lipinski definition) is 2. The number of ether oxygens (including phenoxy) is 1. The Labute approximate surface area is 190 Å². The van der Waals surface area contributed by atoms with Crippen LogP contribution in [0, 0.1) is 0 Å². The maximum Gasteiger partial charge on any atom is 0.318 e. The minimum absolute atomic E-state index is 0.302. The van der Waals surface area contributed by atoms with Gasteiger partial charge in [-0.15, -0.1) is 0 Å². The molecule has 1 aliphatic rings. The van der Waals surface area contributed by atoms with Gasteiger partial charge in [-0.3, -0.25) is 10.0 Å². The summed E-state index contributed by atoms with van der Waals surface area (Å²) in [6.07, 6.45) is 1.90. The summed E-state index contributed by atoms with van der Waals surface area (Å²) in [5.41, 5.74) is 1.92. The molecule has 1 atom stereocenters. The number of nitrogens with one attached hydrogen (secondary N) is 1. The van der Waals surface area contributed by atoms with Gasteiger partial charge in [-0.1, -0.05) is 61.2 Å². The van der Waals surface area contributed by atoms with E-state index < -0.39 is 20.0 Å². The Morgan fingerprint density at radius 1 is 1.06 bits per heavy atom. The first-order valence-electron chi connectivity index (χ1n) is 11.0. The molecule has 0 bridgehead atoms. The van der Waals surface area contributed by atoms with Gasteiger partial charge in [-0.2, -0.15) is 5.06 Å². The highest BCUT2D eigenvalue weighted by Crippen LogP contribution is 2.22. The van der Waals surface area contributed by atoms with Crippen molar-refractivity contribution >= 4 is 30.9 Å². The molecule has 0 saturated carbocycles. The summed E-state index contributed by atoms with van der Waals surface area (Å²) in [5, 5.41) is 15.4. The van der Waals surface area contributed by atoms with Gasteiger partial charge >= 0.3 is 6.03 Å². The highest BCUT2D eigenvalue weighted by Gasteiger charge is 2.30. The number of likely N-dealkylation sites (tertiary alicyclic amines) is 1. The molecule has 172 valence electrons. The molecule has 1 aliphatic heterocycles. The molecule has 2 aromatic rings. The van der Waals surface area contributed by atoms with Crippen molar-refractivity contribution in [2.75, 3.05) is 25.3 Å². The smallest absolute Gasteiger partial charge is 0.318 e. The number of hydrogen-bond acceptors (Lipinski definition) is 4. The van der Waals surface area contributed by atoms with Crippen molar-refractivity contribution in [2.24, 2.45) is 0 Å². The summed E-state index contributed by atoms with van der Waals surface area (Å²) in [4.78, 5) is 27.8. The molecule has 0 radical (unpaired) electrons. The van der Waals surface area contributed by atoms with Crippen LogP contribution < -0.4 is 15.6 Å². The Bertz CT molecular complexity index is 920. The highest BCUT2D eigenvalue weighted by atomic mass is 28.3. The zero-order valence-corrected chi connectivity index (χ0v) is 20.3. The van der Waals surface area contributed by atoms with Gasteiger partial charge < -0.3 is 15.0 Å². The topological polar surface area (TPSA) is 82.1 Å². The molecule has 3 amide bonds. The monoisotopic (exact) mass is 455 g/mol. The molecular weight excluding hydrogens is 422 g/mol. The molecular formula is C24H33N3O4Si. The third kappa shape index (κ3) is 5.76. The Kier molecular flexibility index (Phi) is 7.71. The fourth-order valence-corrected chi connectivity index (χ4v) is 4.91. The highest BCUT2D eigenvalue weighted by molar-refractivity contribution is 6.88. The van der Waals surface area contributed by atoms with E-state index in [1.165, 1.54) is 5.19 Å². The van der Waals surface area contributed by atoms with Gasteiger partial charge in [0.25, 0.3) is 5.91 Å². The largest absolute Gasteiger partial charge is 0.380 e. The Morgan fingerprint density at radius 2 is 1.66 bits per heavy atom. The molecule has 3 rings (SSSR count). The molecule has 1 unspecified atom stereocenters. The second-order valence-electron chi connectivity index (χ2n) is 9.20. The average Bonchev–Trinajstić information content (AvgIpc) is 3.32. The number of carbonyl (C=O) groups is 2. The van der Waals surface area contributed by atoms with Crippen LogP contribution in [0.1, 0.15) is 30.0 Å². The number of rotatable bonds is 7. The van der Waals surface area contributed by atoms with Gasteiger partial charge in [0.15, 0.2) is 0 Å². The maximum atomic E-state index is 13.3. The van der Waals surface area contributed by atoms with Crippen LogP contribution in [0.25, 0.3) is 0 Å². The summed E-state index contributed by atoms with van der Waals surface area (Å²) < 4.78 is 5.15. The van der Waals surface area contributed by atoms with Gasteiger partial charge in [0, 0.05) is 20.2 Å². The lowest BCUT2D eigenvalue weighted by atomic mass is 10.0. The molecule has 7 nitrogen and oxygen atoms in total. The fourth-order valence-electron chi connectivity index (χ4n) is 3.75. The number of benzene rings is 2. The molecule has 0 aliphatic carbocycles. The third-order valence-electron chi connectivity index (χ3n) is 5.72. The van der Waals surface area contributed by atoms with Crippen LogP contribution in [0.4, 0.5) is 10.5 Å². The van der Waals surface area contributed by atoms with E-state index >= 15 is 0 Å². The van der Waals surface area contributed by atoms with Crippen molar-refractivity contribution < 1.29 is 19.5 Å². The third-order valence-corrected chi connectivity index (χ3v) is 7.78. The molecule has 1 saturated heterocycles. The lowest BCUT2D eigenvalue weighted by molar-refractivity contribution is -0.125. The summed E-state index contributed by atoms with van der Waals surface area (Å²) in [7, 11) is 0.119. The van der Waals surface area contributed by atoms with E-state index in [1.54, 1.807) is 36.3 Å². The molecule has 1 fully saturated rings. The summed E-state index contributed by atoms with van der Waals surface area (Å²) in [5.74, 6) is -0.613. The molecule has 2 aromatic carbocycles. The summed E-state index contributed by atoms with van der Waals surface area (Å²) in [6.45, 7) is 8.50. The second kappa shape index (κ2) is 10.3. The van der Waals surface area contributed by atoms with Crippen LogP contribution in [0.3, 0.4) is 0 Å². The van der Waals surface area contributed by atoms with E-state index in [0.29, 0.717) is 36.0 Å². The SMILES string of the molecule is COCc1ccc(C(NC(=O)N2CCCC2)C(=O)N(O)c2ccc([Si](C)(C)C)cc2)cc1. The molecule has 32 heavy (non-hydrogen) atoms. The average molecular weight is 456 g/mol. The number of nitrogens with zero attached hydrogens (tertiary/aromatic N) is 2. The second-order valence-corrected chi connectivity index (χ2v) is 14.3. The van der Waals surface area contributed by atoms with Gasteiger partial charge in [0.2, 0.25) is 0 Å². The van der Waals surface area contributed by atoms with E-state index in [9.17, 15) is 14.8 Å². The van der Waals surface area contributed by atoms with Gasteiger partial charge in [-0.05, 0) is 36.1 Å². The van der Waals surface area contributed by atoms with Crippen LogP contribution >= 0.6 is 0 Å². The number of urea groups is 1. The van der Waals surface area contributed by atoms with E-state index in [1.807, 2.05) is 24.3 Å². The van der Waals surface area contributed by atoms with Crippen molar-refractivity contribution in [2.45, 2.75) is 45.1 Å². The van der Waals surface area contributed by atoms with Crippen LogP contribution in [0.15, 0.2) is 48.5 Å². The van der Waals surface area contributed by atoms with Gasteiger partial charge in [0.1, 0.15) is 6.04 Å². The lowest BCUT2D eigenvalue weighted by Gasteiger charge is -2.26. The number of methoxy groups -OCH3 is 1. The minimum Gasteiger partial charge on any atom is -0.380 e. The van der Waals surface area contributed by atoms with Crippen LogP contribution in [-0.2, 0) is 16.1 Å². The molecule has 1 heterocycles. The van der Waals surface area contributed by atoms with E-state index in [-0.39, 0.29) is 6.03 Å².